The van der Waals surface area contributed by atoms with Crippen LogP contribution in [-0.4, -0.2) is 20.2 Å². The summed E-state index contributed by atoms with van der Waals surface area (Å²) in [6.45, 7) is 0. The van der Waals surface area contributed by atoms with Gasteiger partial charge in [0.25, 0.3) is 0 Å². The van der Waals surface area contributed by atoms with E-state index in [1.807, 2.05) is 30.3 Å². The third-order valence-corrected chi connectivity index (χ3v) is 2.37. The highest BCUT2D eigenvalue weighted by molar-refractivity contribution is 5.86. The lowest BCUT2D eigenvalue weighted by molar-refractivity contribution is 1.09. The van der Waals surface area contributed by atoms with E-state index in [4.69, 9.17) is 5.73 Å². The summed E-state index contributed by atoms with van der Waals surface area (Å²) < 4.78 is 0. The molecule has 0 bridgehead atoms. The molecule has 1 aromatic carbocycles. The lowest BCUT2D eigenvalue weighted by Gasteiger charge is -2.01. The fourth-order valence-corrected chi connectivity index (χ4v) is 1.57. The van der Waals surface area contributed by atoms with E-state index in [0.29, 0.717) is 17.3 Å². The molecule has 2 heterocycles. The van der Waals surface area contributed by atoms with Crippen molar-refractivity contribution in [3.63, 3.8) is 0 Å². The van der Waals surface area contributed by atoms with Crippen LogP contribution in [0.2, 0.25) is 0 Å². The summed E-state index contributed by atoms with van der Waals surface area (Å²) in [7, 11) is 0. The predicted molar refractivity (Wildman–Crippen MR) is 61.5 cm³/mol. The van der Waals surface area contributed by atoms with Crippen molar-refractivity contribution >= 4 is 16.9 Å². The van der Waals surface area contributed by atoms with Gasteiger partial charge in [0.2, 0.25) is 0 Å². The third kappa shape index (κ3) is 1.30. The smallest absolute Gasteiger partial charge is 0.163 e. The van der Waals surface area contributed by atoms with Crippen molar-refractivity contribution < 1.29 is 0 Å². The molecule has 0 saturated heterocycles. The molecule has 3 N–H and O–H groups in total. The number of hydrogen-bond acceptors (Lipinski definition) is 4. The molecule has 3 rings (SSSR count). The molecule has 0 aliphatic carbocycles. The number of anilines is 1. The van der Waals surface area contributed by atoms with Crippen LogP contribution >= 0.6 is 0 Å². The molecule has 0 fully saturated rings. The van der Waals surface area contributed by atoms with Gasteiger partial charge < -0.3 is 5.73 Å². The second kappa shape index (κ2) is 3.30. The Bertz CT molecular complexity index is 629. The molecule has 0 amide bonds. The van der Waals surface area contributed by atoms with Crippen LogP contribution in [0.3, 0.4) is 0 Å². The Morgan fingerprint density at radius 1 is 1.06 bits per heavy atom. The van der Waals surface area contributed by atoms with Crippen molar-refractivity contribution in [3.05, 3.63) is 36.5 Å². The summed E-state index contributed by atoms with van der Waals surface area (Å²) in [6.07, 6.45) is 1.62. The largest absolute Gasteiger partial charge is 0.383 e. The average Bonchev–Trinajstić information content (AvgIpc) is 2.79. The lowest BCUT2D eigenvalue weighted by Crippen LogP contribution is -1.96. The van der Waals surface area contributed by atoms with Gasteiger partial charge in [0.05, 0.1) is 11.6 Å². The first-order valence-electron chi connectivity index (χ1n) is 4.86. The van der Waals surface area contributed by atoms with E-state index in [2.05, 4.69) is 20.2 Å². The Balaban J connectivity index is 2.25. The topological polar surface area (TPSA) is 80.5 Å². The molecule has 0 radical (unpaired) electrons. The highest BCUT2D eigenvalue weighted by Gasteiger charge is 2.07. The van der Waals surface area contributed by atoms with Gasteiger partial charge in [0, 0.05) is 5.56 Å². The maximum atomic E-state index is 5.83. The zero-order valence-electron chi connectivity index (χ0n) is 8.38. The molecular weight excluding hydrogens is 202 g/mol. The minimum Gasteiger partial charge on any atom is -0.383 e. The van der Waals surface area contributed by atoms with Crippen molar-refractivity contribution in [2.75, 3.05) is 5.73 Å². The number of aromatic nitrogens is 4. The molecule has 2 aromatic heterocycles. The number of rotatable bonds is 1. The van der Waals surface area contributed by atoms with Gasteiger partial charge >= 0.3 is 0 Å². The summed E-state index contributed by atoms with van der Waals surface area (Å²) in [5, 5.41) is 7.43. The van der Waals surface area contributed by atoms with Gasteiger partial charge in [-0.15, -0.1) is 0 Å². The SMILES string of the molecule is Nc1nc(-c2ccccc2)nc2[nH]ncc12. The molecule has 3 aromatic rings. The summed E-state index contributed by atoms with van der Waals surface area (Å²) >= 11 is 0. The molecule has 0 aliphatic heterocycles. The van der Waals surface area contributed by atoms with Gasteiger partial charge in [-0.05, 0) is 0 Å². The van der Waals surface area contributed by atoms with E-state index in [9.17, 15) is 0 Å². The van der Waals surface area contributed by atoms with Gasteiger partial charge in [-0.3, -0.25) is 5.10 Å². The van der Waals surface area contributed by atoms with Crippen LogP contribution in [0, 0.1) is 0 Å². The Morgan fingerprint density at radius 3 is 2.69 bits per heavy atom. The summed E-state index contributed by atoms with van der Waals surface area (Å²) in [5.41, 5.74) is 7.42. The summed E-state index contributed by atoms with van der Waals surface area (Å²) in [6, 6.07) is 9.70. The standard InChI is InChI=1S/C11H9N5/c12-9-8-6-13-16-11(8)15-10(14-9)7-4-2-1-3-5-7/h1-6H,(H3,12,13,14,15,16). The number of H-pyrrole nitrogens is 1. The Labute approximate surface area is 91.3 Å². The molecule has 0 atom stereocenters. The predicted octanol–water partition coefficient (Wildman–Crippen LogP) is 1.60. The van der Waals surface area contributed by atoms with Crippen LogP contribution < -0.4 is 5.73 Å². The van der Waals surface area contributed by atoms with E-state index in [0.717, 1.165) is 10.9 Å². The maximum absolute atomic E-state index is 5.83. The van der Waals surface area contributed by atoms with Gasteiger partial charge in [-0.25, -0.2) is 9.97 Å². The number of fused-ring (bicyclic) bond motifs is 1. The number of nitrogens with two attached hydrogens (primary N) is 1. The van der Waals surface area contributed by atoms with Gasteiger partial charge in [0.1, 0.15) is 5.82 Å². The van der Waals surface area contributed by atoms with E-state index >= 15 is 0 Å². The van der Waals surface area contributed by atoms with Crippen LogP contribution in [0.25, 0.3) is 22.4 Å². The average molecular weight is 211 g/mol. The van der Waals surface area contributed by atoms with Crippen LogP contribution in [0.15, 0.2) is 36.5 Å². The first-order valence-corrected chi connectivity index (χ1v) is 4.86. The molecule has 0 aliphatic rings. The van der Waals surface area contributed by atoms with Crippen LogP contribution in [-0.2, 0) is 0 Å². The molecule has 16 heavy (non-hydrogen) atoms. The molecule has 0 spiro atoms. The van der Waals surface area contributed by atoms with Crippen molar-refractivity contribution in [3.8, 4) is 11.4 Å². The first kappa shape index (κ1) is 8.84. The second-order valence-corrected chi connectivity index (χ2v) is 3.43. The van der Waals surface area contributed by atoms with E-state index < -0.39 is 0 Å². The maximum Gasteiger partial charge on any atom is 0.163 e. The number of nitrogens with one attached hydrogen (secondary N) is 1. The molecule has 5 nitrogen and oxygen atoms in total. The first-order chi connectivity index (χ1) is 7.84. The zero-order valence-corrected chi connectivity index (χ0v) is 8.38. The van der Waals surface area contributed by atoms with Crippen LogP contribution in [0.4, 0.5) is 5.82 Å². The van der Waals surface area contributed by atoms with Gasteiger partial charge in [-0.2, -0.15) is 5.10 Å². The lowest BCUT2D eigenvalue weighted by atomic mass is 10.2. The minimum atomic E-state index is 0.442. The van der Waals surface area contributed by atoms with Crippen molar-refractivity contribution in [1.29, 1.82) is 0 Å². The van der Waals surface area contributed by atoms with E-state index in [-0.39, 0.29) is 0 Å². The van der Waals surface area contributed by atoms with Crippen LogP contribution in [0.1, 0.15) is 0 Å². The van der Waals surface area contributed by atoms with Crippen molar-refractivity contribution in [2.24, 2.45) is 0 Å². The Hall–Kier alpha value is -2.43. The highest BCUT2D eigenvalue weighted by atomic mass is 15.2. The van der Waals surface area contributed by atoms with E-state index in [1.54, 1.807) is 6.20 Å². The van der Waals surface area contributed by atoms with Gasteiger partial charge in [0.15, 0.2) is 11.5 Å². The van der Waals surface area contributed by atoms with Crippen LogP contribution in [0.5, 0.6) is 0 Å². The molecule has 5 heteroatoms. The molecule has 78 valence electrons. The molecule has 0 unspecified atom stereocenters. The van der Waals surface area contributed by atoms with Crippen molar-refractivity contribution in [1.82, 2.24) is 20.2 Å². The number of nitrogen functional groups attached to an aromatic ring is 1. The normalized spacial score (nSPS) is 10.8. The highest BCUT2D eigenvalue weighted by Crippen LogP contribution is 2.20. The number of aromatic amines is 1. The number of nitrogens with zero attached hydrogens (tertiary/aromatic N) is 3. The number of benzene rings is 1. The fraction of sp³-hybridized carbons (Fsp3) is 0. The second-order valence-electron chi connectivity index (χ2n) is 3.43. The molecule has 0 saturated carbocycles. The van der Waals surface area contributed by atoms with Gasteiger partial charge in [-0.1, -0.05) is 30.3 Å². The molecular formula is C11H9N5. The fourth-order valence-electron chi connectivity index (χ4n) is 1.57. The third-order valence-electron chi connectivity index (χ3n) is 2.37. The zero-order chi connectivity index (χ0) is 11.0. The minimum absolute atomic E-state index is 0.442. The Morgan fingerprint density at radius 2 is 1.88 bits per heavy atom. The Kier molecular flexibility index (Phi) is 1.83. The quantitative estimate of drug-likeness (QED) is 0.640. The van der Waals surface area contributed by atoms with Crippen molar-refractivity contribution in [2.45, 2.75) is 0 Å². The van der Waals surface area contributed by atoms with E-state index in [1.165, 1.54) is 0 Å². The monoisotopic (exact) mass is 211 g/mol. The number of hydrogen-bond donors (Lipinski definition) is 2. The summed E-state index contributed by atoms with van der Waals surface area (Å²) in [4.78, 5) is 8.61. The summed E-state index contributed by atoms with van der Waals surface area (Å²) in [5.74, 6) is 1.05.